The number of carbonyl (C=O) groups is 1. The zero-order valence-corrected chi connectivity index (χ0v) is 15.0. The second kappa shape index (κ2) is 7.84. The van der Waals surface area contributed by atoms with Gasteiger partial charge in [-0.15, -0.1) is 0 Å². The zero-order valence-electron chi connectivity index (χ0n) is 13.4. The average Bonchev–Trinajstić information content (AvgIpc) is 2.52. The molecule has 0 saturated carbocycles. The number of aromatic amines is 1. The number of thioether (sulfide) groups is 1. The summed E-state index contributed by atoms with van der Waals surface area (Å²) in [6.07, 6.45) is 2.75. The van der Waals surface area contributed by atoms with Crippen LogP contribution in [0.2, 0.25) is 5.02 Å². The molecule has 0 saturated heterocycles. The molecule has 0 fully saturated rings. The second-order valence-electron chi connectivity index (χ2n) is 5.31. The van der Waals surface area contributed by atoms with Crippen molar-refractivity contribution in [3.63, 3.8) is 0 Å². The van der Waals surface area contributed by atoms with E-state index in [1.54, 1.807) is 23.1 Å². The second-order valence-corrected chi connectivity index (χ2v) is 6.93. The number of H-pyrrole nitrogens is 1. The number of rotatable bonds is 6. The van der Waals surface area contributed by atoms with Gasteiger partial charge in [0, 0.05) is 11.6 Å². The monoisotopic (exact) mass is 353 g/mol. The van der Waals surface area contributed by atoms with E-state index in [9.17, 15) is 9.59 Å². The summed E-state index contributed by atoms with van der Waals surface area (Å²) in [4.78, 5) is 33.5. The van der Waals surface area contributed by atoms with Gasteiger partial charge in [0.1, 0.15) is 5.82 Å². The van der Waals surface area contributed by atoms with Crippen molar-refractivity contribution >= 4 is 40.2 Å². The molecule has 1 aromatic carbocycles. The van der Waals surface area contributed by atoms with E-state index < -0.39 is 0 Å². The van der Waals surface area contributed by atoms with Crippen molar-refractivity contribution in [2.24, 2.45) is 0 Å². The molecule has 0 aliphatic rings. The van der Waals surface area contributed by atoms with Crippen molar-refractivity contribution in [3.8, 4) is 0 Å². The van der Waals surface area contributed by atoms with Gasteiger partial charge in [-0.25, -0.2) is 4.98 Å². The summed E-state index contributed by atoms with van der Waals surface area (Å²) in [6.45, 7) is 4.81. The first kappa shape index (κ1) is 17.8. The lowest BCUT2D eigenvalue weighted by Crippen LogP contribution is -2.37. The number of hydrogen-bond donors (Lipinski definition) is 1. The summed E-state index contributed by atoms with van der Waals surface area (Å²) in [7, 11) is 0. The fraction of sp³-hybridized carbons (Fsp3) is 0.438. The number of amides is 1. The van der Waals surface area contributed by atoms with Crippen LogP contribution in [0.4, 0.5) is 0 Å². The van der Waals surface area contributed by atoms with Crippen molar-refractivity contribution in [2.75, 3.05) is 12.8 Å². The van der Waals surface area contributed by atoms with E-state index >= 15 is 0 Å². The number of aromatic nitrogens is 2. The molecule has 1 heterocycles. The van der Waals surface area contributed by atoms with E-state index in [-0.39, 0.29) is 23.3 Å². The van der Waals surface area contributed by atoms with Gasteiger partial charge in [0.05, 0.1) is 22.7 Å². The van der Waals surface area contributed by atoms with Crippen LogP contribution in [0.15, 0.2) is 23.0 Å². The van der Waals surface area contributed by atoms with Crippen LogP contribution in [-0.4, -0.2) is 38.8 Å². The molecule has 1 amide bonds. The van der Waals surface area contributed by atoms with Crippen LogP contribution < -0.4 is 5.56 Å². The van der Waals surface area contributed by atoms with E-state index in [4.69, 9.17) is 11.6 Å². The maximum atomic E-state index is 12.4. The summed E-state index contributed by atoms with van der Waals surface area (Å²) in [5.74, 6) is 0.521. The highest BCUT2D eigenvalue weighted by Crippen LogP contribution is 2.16. The first-order valence-electron chi connectivity index (χ1n) is 7.46. The van der Waals surface area contributed by atoms with E-state index in [0.29, 0.717) is 28.3 Å². The highest BCUT2D eigenvalue weighted by Gasteiger charge is 2.20. The van der Waals surface area contributed by atoms with Gasteiger partial charge in [-0.1, -0.05) is 18.5 Å². The summed E-state index contributed by atoms with van der Waals surface area (Å²) >= 11 is 7.47. The fourth-order valence-corrected chi connectivity index (χ4v) is 2.83. The van der Waals surface area contributed by atoms with E-state index in [2.05, 4.69) is 9.97 Å². The van der Waals surface area contributed by atoms with Gasteiger partial charge < -0.3 is 9.88 Å². The third-order valence-corrected chi connectivity index (χ3v) is 4.71. The lowest BCUT2D eigenvalue weighted by Gasteiger charge is -2.24. The number of benzene rings is 1. The average molecular weight is 354 g/mol. The van der Waals surface area contributed by atoms with Crippen LogP contribution in [-0.2, 0) is 11.3 Å². The Balaban J connectivity index is 2.34. The first-order valence-corrected chi connectivity index (χ1v) is 9.13. The van der Waals surface area contributed by atoms with E-state index in [0.717, 1.165) is 6.42 Å². The van der Waals surface area contributed by atoms with Gasteiger partial charge in [0.25, 0.3) is 5.56 Å². The lowest BCUT2D eigenvalue weighted by atomic mass is 10.2. The third kappa shape index (κ3) is 4.26. The summed E-state index contributed by atoms with van der Waals surface area (Å²) < 4.78 is 0. The molecule has 1 N–H and O–H groups in total. The predicted molar refractivity (Wildman–Crippen MR) is 96.1 cm³/mol. The first-order chi connectivity index (χ1) is 11.0. The van der Waals surface area contributed by atoms with Crippen molar-refractivity contribution in [2.45, 2.75) is 32.1 Å². The van der Waals surface area contributed by atoms with Gasteiger partial charge in [-0.3, -0.25) is 9.59 Å². The Morgan fingerprint density at radius 3 is 2.87 bits per heavy atom. The molecule has 1 atom stereocenters. The Morgan fingerprint density at radius 2 is 2.22 bits per heavy atom. The minimum absolute atomic E-state index is 0.0493. The molecule has 5 nitrogen and oxygen atoms in total. The molecule has 2 rings (SSSR count). The normalized spacial score (nSPS) is 12.3. The molecule has 2 aromatic rings. The van der Waals surface area contributed by atoms with Gasteiger partial charge in [-0.2, -0.15) is 11.8 Å². The minimum Gasteiger partial charge on any atom is -0.334 e. The smallest absolute Gasteiger partial charge is 0.258 e. The number of nitrogens with zero attached hydrogens (tertiary/aromatic N) is 2. The zero-order chi connectivity index (χ0) is 17.0. The Labute approximate surface area is 144 Å². The van der Waals surface area contributed by atoms with Crippen LogP contribution in [0.1, 0.15) is 26.1 Å². The fourth-order valence-electron chi connectivity index (χ4n) is 2.31. The van der Waals surface area contributed by atoms with Gasteiger partial charge in [-0.05, 0) is 37.8 Å². The molecule has 0 spiro atoms. The Kier molecular flexibility index (Phi) is 6.07. The van der Waals surface area contributed by atoms with Crippen LogP contribution in [0.5, 0.6) is 0 Å². The van der Waals surface area contributed by atoms with E-state index in [1.807, 2.05) is 20.1 Å². The Morgan fingerprint density at radius 1 is 1.48 bits per heavy atom. The molecule has 7 heteroatoms. The van der Waals surface area contributed by atoms with Gasteiger partial charge >= 0.3 is 0 Å². The predicted octanol–water partition coefficient (Wildman–Crippen LogP) is 3.07. The lowest BCUT2D eigenvalue weighted by molar-refractivity contribution is -0.131. The molecule has 23 heavy (non-hydrogen) atoms. The Bertz CT molecular complexity index is 763. The quantitative estimate of drug-likeness (QED) is 0.866. The molecule has 1 aromatic heterocycles. The highest BCUT2D eigenvalue weighted by molar-refractivity contribution is 7.99. The van der Waals surface area contributed by atoms with E-state index in [1.165, 1.54) is 11.8 Å². The maximum absolute atomic E-state index is 12.4. The van der Waals surface area contributed by atoms with Gasteiger partial charge in [0.15, 0.2) is 0 Å². The number of fused-ring (bicyclic) bond motifs is 1. The summed E-state index contributed by atoms with van der Waals surface area (Å²) in [6, 6.07) is 4.97. The number of nitrogens with one attached hydrogen (secondary N) is 1. The number of halogens is 1. The van der Waals surface area contributed by atoms with Gasteiger partial charge in [0.2, 0.25) is 5.91 Å². The molecular formula is C16H20ClN3O2S. The van der Waals surface area contributed by atoms with Crippen LogP contribution in [0.25, 0.3) is 10.9 Å². The minimum atomic E-state index is -0.219. The largest absolute Gasteiger partial charge is 0.334 e. The maximum Gasteiger partial charge on any atom is 0.258 e. The highest BCUT2D eigenvalue weighted by atomic mass is 35.5. The van der Waals surface area contributed by atoms with Crippen molar-refractivity contribution in [1.29, 1.82) is 0 Å². The van der Waals surface area contributed by atoms with Crippen molar-refractivity contribution in [1.82, 2.24) is 14.9 Å². The molecular weight excluding hydrogens is 334 g/mol. The van der Waals surface area contributed by atoms with Crippen molar-refractivity contribution in [3.05, 3.63) is 39.4 Å². The third-order valence-electron chi connectivity index (χ3n) is 3.56. The molecule has 1 unspecified atom stereocenters. The molecule has 124 valence electrons. The van der Waals surface area contributed by atoms with Crippen molar-refractivity contribution < 1.29 is 4.79 Å². The summed E-state index contributed by atoms with van der Waals surface area (Å²) in [5, 5.41) is 0.895. The molecule has 0 radical (unpaired) electrons. The SMILES string of the molecule is CCCN(Cc1nc2cc(Cl)ccc2c(=O)[nH]1)C(=O)C(C)SC. The van der Waals surface area contributed by atoms with Crippen LogP contribution >= 0.6 is 23.4 Å². The molecule has 0 aliphatic carbocycles. The standard InChI is InChI=1S/C16H20ClN3O2S/c1-4-7-20(16(22)10(2)23-3)9-14-18-13-8-11(17)5-6-12(13)15(21)19-14/h5-6,8,10H,4,7,9H2,1-3H3,(H,18,19,21). The number of carbonyl (C=O) groups excluding carboxylic acids is 1. The molecule has 0 aliphatic heterocycles. The topological polar surface area (TPSA) is 66.1 Å². The van der Waals surface area contributed by atoms with Crippen LogP contribution in [0, 0.1) is 0 Å². The summed E-state index contributed by atoms with van der Waals surface area (Å²) in [5.41, 5.74) is 0.321. The molecule has 0 bridgehead atoms. The van der Waals surface area contributed by atoms with Crippen LogP contribution in [0.3, 0.4) is 0 Å². The number of hydrogen-bond acceptors (Lipinski definition) is 4. The Hall–Kier alpha value is -1.53.